The minimum absolute atomic E-state index is 0.0703. The zero-order chi connectivity index (χ0) is 13.7. The zero-order valence-corrected chi connectivity index (χ0v) is 12.1. The van der Waals surface area contributed by atoms with Crippen LogP contribution >= 0.6 is 23.1 Å². The lowest BCUT2D eigenvalue weighted by Gasteiger charge is -2.14. The third kappa shape index (κ3) is 4.66. The number of thiazole rings is 1. The standard InChI is InChI=1S/C11H16N2O3S2/c1-6(2)9(10(15)16)17-4-8-5-18-11(13-8)12-7(3)14/h5-6,9H,4H2,1-3H3,(H,15,16)(H,12,13,14). The maximum atomic E-state index is 11.0. The lowest BCUT2D eigenvalue weighted by molar-refractivity contribution is -0.137. The van der Waals surface area contributed by atoms with Gasteiger partial charge in [0, 0.05) is 18.1 Å². The molecular formula is C11H16N2O3S2. The molecule has 0 radical (unpaired) electrons. The fourth-order valence-electron chi connectivity index (χ4n) is 1.31. The molecule has 0 aliphatic carbocycles. The number of rotatable bonds is 6. The molecule has 100 valence electrons. The quantitative estimate of drug-likeness (QED) is 0.840. The summed E-state index contributed by atoms with van der Waals surface area (Å²) < 4.78 is 0. The van der Waals surface area contributed by atoms with Crippen LogP contribution in [0, 0.1) is 5.92 Å². The van der Waals surface area contributed by atoms with Crippen molar-refractivity contribution in [3.05, 3.63) is 11.1 Å². The molecular weight excluding hydrogens is 272 g/mol. The highest BCUT2D eigenvalue weighted by Gasteiger charge is 2.22. The summed E-state index contributed by atoms with van der Waals surface area (Å²) >= 11 is 2.70. The van der Waals surface area contributed by atoms with Gasteiger partial charge in [0.05, 0.1) is 5.69 Å². The van der Waals surface area contributed by atoms with E-state index in [1.165, 1.54) is 30.0 Å². The number of anilines is 1. The molecule has 1 amide bonds. The summed E-state index contributed by atoms with van der Waals surface area (Å²) in [6, 6.07) is 0. The van der Waals surface area contributed by atoms with Gasteiger partial charge in [0.25, 0.3) is 0 Å². The van der Waals surface area contributed by atoms with Crippen LogP contribution in [0.1, 0.15) is 26.5 Å². The van der Waals surface area contributed by atoms with Gasteiger partial charge in [-0.1, -0.05) is 13.8 Å². The number of hydrogen-bond acceptors (Lipinski definition) is 5. The third-order valence-corrected chi connectivity index (χ3v) is 4.47. The summed E-state index contributed by atoms with van der Waals surface area (Å²) in [5.41, 5.74) is 0.792. The number of nitrogens with zero attached hydrogens (tertiary/aromatic N) is 1. The van der Waals surface area contributed by atoms with E-state index in [4.69, 9.17) is 5.11 Å². The van der Waals surface area contributed by atoms with Gasteiger partial charge < -0.3 is 10.4 Å². The molecule has 18 heavy (non-hydrogen) atoms. The summed E-state index contributed by atoms with van der Waals surface area (Å²) in [6.45, 7) is 5.19. The smallest absolute Gasteiger partial charge is 0.316 e. The second-order valence-electron chi connectivity index (χ2n) is 4.14. The fraction of sp³-hybridized carbons (Fsp3) is 0.545. The molecule has 1 unspecified atom stereocenters. The Morgan fingerprint density at radius 3 is 2.72 bits per heavy atom. The van der Waals surface area contributed by atoms with Crippen molar-refractivity contribution in [3.63, 3.8) is 0 Å². The highest BCUT2D eigenvalue weighted by molar-refractivity contribution is 7.99. The molecule has 7 heteroatoms. The normalized spacial score (nSPS) is 12.4. The number of carboxylic acids is 1. The molecule has 0 aromatic carbocycles. The molecule has 1 aromatic rings. The van der Waals surface area contributed by atoms with Gasteiger partial charge >= 0.3 is 5.97 Å². The molecule has 1 rings (SSSR count). The Labute approximate surface area is 114 Å². The maximum Gasteiger partial charge on any atom is 0.316 e. The molecule has 0 fully saturated rings. The van der Waals surface area contributed by atoms with Crippen LogP contribution in [-0.4, -0.2) is 27.2 Å². The van der Waals surface area contributed by atoms with Crippen molar-refractivity contribution >= 4 is 40.1 Å². The number of hydrogen-bond donors (Lipinski definition) is 2. The van der Waals surface area contributed by atoms with Crippen molar-refractivity contribution in [3.8, 4) is 0 Å². The largest absolute Gasteiger partial charge is 0.480 e. The third-order valence-electron chi connectivity index (χ3n) is 2.09. The SMILES string of the molecule is CC(=O)Nc1nc(CSC(C(=O)O)C(C)C)cs1. The van der Waals surface area contributed by atoms with Gasteiger partial charge in [0.2, 0.25) is 5.91 Å². The van der Waals surface area contributed by atoms with Gasteiger partial charge in [-0.2, -0.15) is 0 Å². The van der Waals surface area contributed by atoms with Gasteiger partial charge in [-0.25, -0.2) is 4.98 Å². The van der Waals surface area contributed by atoms with E-state index in [1.54, 1.807) is 0 Å². The van der Waals surface area contributed by atoms with Crippen molar-refractivity contribution in [1.82, 2.24) is 4.98 Å². The van der Waals surface area contributed by atoms with Crippen molar-refractivity contribution in [2.45, 2.75) is 31.8 Å². The number of aliphatic carboxylic acids is 1. The monoisotopic (exact) mass is 288 g/mol. The molecule has 5 nitrogen and oxygen atoms in total. The van der Waals surface area contributed by atoms with E-state index in [1.807, 2.05) is 19.2 Å². The highest BCUT2D eigenvalue weighted by atomic mass is 32.2. The first-order chi connectivity index (χ1) is 8.40. The number of carboxylic acid groups (broad SMARTS) is 1. The number of amides is 1. The maximum absolute atomic E-state index is 11.0. The molecule has 0 aliphatic heterocycles. The first kappa shape index (κ1) is 15.0. The summed E-state index contributed by atoms with van der Waals surface area (Å²) in [7, 11) is 0. The van der Waals surface area contributed by atoms with Crippen LogP contribution in [0.4, 0.5) is 5.13 Å². The summed E-state index contributed by atoms with van der Waals surface area (Å²) in [6.07, 6.45) is 0. The lowest BCUT2D eigenvalue weighted by Crippen LogP contribution is -2.22. The Hall–Kier alpha value is -1.08. The van der Waals surface area contributed by atoms with Gasteiger partial charge in [-0.3, -0.25) is 9.59 Å². The van der Waals surface area contributed by atoms with Crippen molar-refractivity contribution < 1.29 is 14.7 Å². The Kier molecular flexibility index (Phi) is 5.61. The Morgan fingerprint density at radius 2 is 2.22 bits per heavy atom. The van der Waals surface area contributed by atoms with E-state index < -0.39 is 11.2 Å². The Balaban J connectivity index is 2.54. The van der Waals surface area contributed by atoms with E-state index in [2.05, 4.69) is 10.3 Å². The van der Waals surface area contributed by atoms with Crippen molar-refractivity contribution in [2.75, 3.05) is 5.32 Å². The summed E-state index contributed by atoms with van der Waals surface area (Å²) in [5, 5.41) is 13.6. The number of nitrogens with one attached hydrogen (secondary N) is 1. The molecule has 0 saturated carbocycles. The highest BCUT2D eigenvalue weighted by Crippen LogP contribution is 2.25. The van der Waals surface area contributed by atoms with Crippen LogP contribution in [0.25, 0.3) is 0 Å². The van der Waals surface area contributed by atoms with Crippen LogP contribution in [0.5, 0.6) is 0 Å². The predicted molar refractivity (Wildman–Crippen MR) is 74.0 cm³/mol. The molecule has 0 saturated heterocycles. The number of carbonyl (C=O) groups excluding carboxylic acids is 1. The van der Waals surface area contributed by atoms with Crippen LogP contribution < -0.4 is 5.32 Å². The van der Waals surface area contributed by atoms with E-state index in [0.717, 1.165) is 5.69 Å². The molecule has 0 bridgehead atoms. The van der Waals surface area contributed by atoms with E-state index in [0.29, 0.717) is 10.9 Å². The second-order valence-corrected chi connectivity index (χ2v) is 6.13. The first-order valence-electron chi connectivity index (χ1n) is 5.46. The number of thioether (sulfide) groups is 1. The Morgan fingerprint density at radius 1 is 1.56 bits per heavy atom. The minimum atomic E-state index is -0.799. The van der Waals surface area contributed by atoms with E-state index >= 15 is 0 Å². The molecule has 0 spiro atoms. The average molecular weight is 288 g/mol. The van der Waals surface area contributed by atoms with E-state index in [-0.39, 0.29) is 11.8 Å². The van der Waals surface area contributed by atoms with Gasteiger partial charge in [-0.15, -0.1) is 23.1 Å². The average Bonchev–Trinajstić information content (AvgIpc) is 2.63. The summed E-state index contributed by atoms with van der Waals surface area (Å²) in [5.74, 6) is -0.354. The van der Waals surface area contributed by atoms with E-state index in [9.17, 15) is 9.59 Å². The lowest BCUT2D eigenvalue weighted by atomic mass is 10.1. The van der Waals surface area contributed by atoms with Gasteiger partial charge in [0.15, 0.2) is 5.13 Å². The zero-order valence-electron chi connectivity index (χ0n) is 10.5. The van der Waals surface area contributed by atoms with Crippen molar-refractivity contribution in [1.29, 1.82) is 0 Å². The number of aromatic nitrogens is 1. The summed E-state index contributed by atoms with van der Waals surface area (Å²) in [4.78, 5) is 26.1. The van der Waals surface area contributed by atoms with Crippen molar-refractivity contribution in [2.24, 2.45) is 5.92 Å². The second kappa shape index (κ2) is 6.75. The molecule has 1 atom stereocenters. The minimum Gasteiger partial charge on any atom is -0.480 e. The van der Waals surface area contributed by atoms with Crippen LogP contribution in [-0.2, 0) is 15.3 Å². The fourth-order valence-corrected chi connectivity index (χ4v) is 3.19. The Bertz CT molecular complexity index is 432. The molecule has 1 heterocycles. The molecule has 0 aliphatic rings. The molecule has 1 aromatic heterocycles. The number of carbonyl (C=O) groups is 2. The molecule has 2 N–H and O–H groups in total. The van der Waals surface area contributed by atoms with Gasteiger partial charge in [-0.05, 0) is 5.92 Å². The topological polar surface area (TPSA) is 79.3 Å². The van der Waals surface area contributed by atoms with Gasteiger partial charge in [0.1, 0.15) is 5.25 Å². The van der Waals surface area contributed by atoms with Crippen LogP contribution in [0.2, 0.25) is 0 Å². The van der Waals surface area contributed by atoms with Crippen LogP contribution in [0.15, 0.2) is 5.38 Å². The first-order valence-corrected chi connectivity index (χ1v) is 7.39. The predicted octanol–water partition coefficient (Wildman–Crippen LogP) is 2.44. The van der Waals surface area contributed by atoms with Crippen LogP contribution in [0.3, 0.4) is 0 Å².